The van der Waals surface area contributed by atoms with Crippen LogP contribution >= 0.6 is 23.2 Å². The molecule has 0 radical (unpaired) electrons. The molecule has 0 aliphatic rings. The van der Waals surface area contributed by atoms with E-state index in [2.05, 4.69) is 4.72 Å². The van der Waals surface area contributed by atoms with Gasteiger partial charge in [-0.2, -0.15) is 0 Å². The van der Waals surface area contributed by atoms with E-state index in [9.17, 15) is 13.5 Å². The number of methoxy groups -OCH3 is 1. The first-order valence-corrected chi connectivity index (χ1v) is 7.44. The van der Waals surface area contributed by atoms with E-state index in [-0.39, 0.29) is 27.2 Å². The van der Waals surface area contributed by atoms with Crippen molar-refractivity contribution in [1.29, 1.82) is 0 Å². The number of sulfonamides is 1. The van der Waals surface area contributed by atoms with Crippen LogP contribution in [0.25, 0.3) is 0 Å². The van der Waals surface area contributed by atoms with Crippen molar-refractivity contribution in [2.24, 2.45) is 0 Å². The van der Waals surface area contributed by atoms with Gasteiger partial charge in [-0.3, -0.25) is 4.72 Å². The summed E-state index contributed by atoms with van der Waals surface area (Å²) < 4.78 is 30.4. The quantitative estimate of drug-likeness (QED) is 0.625. The second-order valence-corrected chi connectivity index (χ2v) is 6.21. The summed E-state index contributed by atoms with van der Waals surface area (Å²) in [5.41, 5.74) is 0.209. The fraction of sp³-hybridized carbons (Fsp3) is 0.400. The van der Waals surface area contributed by atoms with E-state index in [4.69, 9.17) is 27.9 Å². The molecule has 8 heteroatoms. The Kier molecular flexibility index (Phi) is 5.52. The van der Waals surface area contributed by atoms with Crippen molar-refractivity contribution in [3.63, 3.8) is 0 Å². The van der Waals surface area contributed by atoms with Gasteiger partial charge in [0.25, 0.3) is 0 Å². The van der Waals surface area contributed by atoms with E-state index >= 15 is 0 Å². The first kappa shape index (κ1) is 15.4. The molecule has 102 valence electrons. The molecule has 0 aliphatic carbocycles. The number of anilines is 1. The third-order valence-corrected chi connectivity index (χ3v) is 4.00. The summed E-state index contributed by atoms with van der Waals surface area (Å²) in [6, 6.07) is 2.58. The SMILES string of the molecule is COCCCS(=O)(=O)Nc1cc(Cl)c(O)c(Cl)c1. The normalized spacial score (nSPS) is 11.5. The average Bonchev–Trinajstić information content (AvgIpc) is 2.25. The van der Waals surface area contributed by atoms with Crippen LogP contribution in [0.15, 0.2) is 12.1 Å². The lowest BCUT2D eigenvalue weighted by Gasteiger charge is -2.09. The molecule has 0 bridgehead atoms. The molecule has 1 aromatic rings. The van der Waals surface area contributed by atoms with Crippen molar-refractivity contribution in [2.75, 3.05) is 24.2 Å². The van der Waals surface area contributed by atoms with E-state index in [1.807, 2.05) is 0 Å². The molecule has 0 heterocycles. The molecule has 0 saturated carbocycles. The number of phenolic OH excluding ortho intramolecular Hbond substituents is 1. The van der Waals surface area contributed by atoms with Crippen LogP contribution in [-0.2, 0) is 14.8 Å². The van der Waals surface area contributed by atoms with Crippen molar-refractivity contribution in [3.8, 4) is 5.75 Å². The summed E-state index contributed by atoms with van der Waals surface area (Å²) in [5, 5.41) is 9.31. The minimum absolute atomic E-state index is 0.0166. The number of phenols is 1. The summed E-state index contributed by atoms with van der Waals surface area (Å²) in [7, 11) is -1.98. The van der Waals surface area contributed by atoms with Crippen molar-refractivity contribution in [1.82, 2.24) is 0 Å². The van der Waals surface area contributed by atoms with Gasteiger partial charge in [0.2, 0.25) is 10.0 Å². The van der Waals surface area contributed by atoms with Gasteiger partial charge in [0, 0.05) is 13.7 Å². The maximum Gasteiger partial charge on any atom is 0.232 e. The van der Waals surface area contributed by atoms with E-state index in [1.165, 1.54) is 19.2 Å². The summed E-state index contributed by atoms with van der Waals surface area (Å²) >= 11 is 11.4. The number of benzene rings is 1. The molecule has 0 aliphatic heterocycles. The van der Waals surface area contributed by atoms with E-state index in [1.54, 1.807) is 0 Å². The van der Waals surface area contributed by atoms with Gasteiger partial charge in [-0.1, -0.05) is 23.2 Å². The highest BCUT2D eigenvalue weighted by molar-refractivity contribution is 7.92. The smallest absolute Gasteiger partial charge is 0.232 e. The van der Waals surface area contributed by atoms with Crippen LogP contribution in [0, 0.1) is 0 Å². The van der Waals surface area contributed by atoms with Gasteiger partial charge in [-0.15, -0.1) is 0 Å². The van der Waals surface area contributed by atoms with Gasteiger partial charge in [-0.05, 0) is 18.6 Å². The Labute approximate surface area is 116 Å². The molecule has 5 nitrogen and oxygen atoms in total. The van der Waals surface area contributed by atoms with Crippen LogP contribution in [0.5, 0.6) is 5.75 Å². The van der Waals surface area contributed by atoms with Gasteiger partial charge in [-0.25, -0.2) is 8.42 Å². The topological polar surface area (TPSA) is 75.6 Å². The molecule has 2 N–H and O–H groups in total. The van der Waals surface area contributed by atoms with Gasteiger partial charge in [0.05, 0.1) is 21.5 Å². The van der Waals surface area contributed by atoms with E-state index in [0.29, 0.717) is 13.0 Å². The number of aromatic hydroxyl groups is 1. The second-order valence-electron chi connectivity index (χ2n) is 3.56. The highest BCUT2D eigenvalue weighted by atomic mass is 35.5. The molecule has 0 saturated heterocycles. The lowest BCUT2D eigenvalue weighted by Crippen LogP contribution is -2.17. The number of hydrogen-bond acceptors (Lipinski definition) is 4. The van der Waals surface area contributed by atoms with Crippen molar-refractivity contribution >= 4 is 38.9 Å². The molecule has 0 unspecified atom stereocenters. The minimum Gasteiger partial charge on any atom is -0.505 e. The zero-order chi connectivity index (χ0) is 13.8. The summed E-state index contributed by atoms with van der Waals surface area (Å²) in [6.07, 6.45) is 0.380. The van der Waals surface area contributed by atoms with Crippen LogP contribution < -0.4 is 4.72 Å². The lowest BCUT2D eigenvalue weighted by molar-refractivity contribution is 0.199. The van der Waals surface area contributed by atoms with E-state index in [0.717, 1.165) is 0 Å². The Morgan fingerprint density at radius 2 is 1.89 bits per heavy atom. The molecule has 0 spiro atoms. The Balaban J connectivity index is 2.78. The molecule has 0 fully saturated rings. The first-order valence-electron chi connectivity index (χ1n) is 5.03. The zero-order valence-corrected chi connectivity index (χ0v) is 11.9. The maximum absolute atomic E-state index is 11.7. The molecule has 0 aromatic heterocycles. The number of rotatable bonds is 6. The number of nitrogens with one attached hydrogen (secondary N) is 1. The van der Waals surface area contributed by atoms with E-state index < -0.39 is 10.0 Å². The average molecular weight is 314 g/mol. The van der Waals surface area contributed by atoms with Crippen LogP contribution in [0.1, 0.15) is 6.42 Å². The summed E-state index contributed by atoms with van der Waals surface area (Å²) in [4.78, 5) is 0. The molecular weight excluding hydrogens is 301 g/mol. The molecule has 1 aromatic carbocycles. The molecule has 0 atom stereocenters. The van der Waals surface area contributed by atoms with Crippen LogP contribution in [-0.4, -0.2) is 33.0 Å². The first-order chi connectivity index (χ1) is 8.35. The van der Waals surface area contributed by atoms with Crippen LogP contribution in [0.4, 0.5) is 5.69 Å². The Morgan fingerprint density at radius 3 is 2.39 bits per heavy atom. The Hall–Kier alpha value is -0.690. The fourth-order valence-corrected chi connectivity index (χ4v) is 2.81. The summed E-state index contributed by atoms with van der Waals surface area (Å²) in [6.45, 7) is 0.359. The number of halogens is 2. The maximum atomic E-state index is 11.7. The highest BCUT2D eigenvalue weighted by Gasteiger charge is 2.13. The monoisotopic (exact) mass is 313 g/mol. The largest absolute Gasteiger partial charge is 0.505 e. The third-order valence-electron chi connectivity index (χ3n) is 2.05. The van der Waals surface area contributed by atoms with Gasteiger partial charge >= 0.3 is 0 Å². The van der Waals surface area contributed by atoms with Crippen molar-refractivity contribution in [2.45, 2.75) is 6.42 Å². The van der Waals surface area contributed by atoms with Crippen molar-refractivity contribution < 1.29 is 18.3 Å². The standard InChI is InChI=1S/C10H13Cl2NO4S/c1-17-3-2-4-18(15,16)13-7-5-8(11)10(14)9(12)6-7/h5-6,13-14H,2-4H2,1H3. The lowest BCUT2D eigenvalue weighted by atomic mass is 10.3. The Morgan fingerprint density at radius 1 is 1.33 bits per heavy atom. The molecule has 0 amide bonds. The number of hydrogen-bond donors (Lipinski definition) is 2. The number of ether oxygens (including phenoxy) is 1. The predicted octanol–water partition coefficient (Wildman–Crippen LogP) is 2.48. The summed E-state index contributed by atoms with van der Waals surface area (Å²) in [5.74, 6) is -0.350. The van der Waals surface area contributed by atoms with Crippen molar-refractivity contribution in [3.05, 3.63) is 22.2 Å². The zero-order valence-electron chi connectivity index (χ0n) is 9.61. The van der Waals surface area contributed by atoms with Gasteiger partial charge < -0.3 is 9.84 Å². The fourth-order valence-electron chi connectivity index (χ4n) is 1.25. The van der Waals surface area contributed by atoms with Gasteiger partial charge in [0.1, 0.15) is 0 Å². The molecule has 18 heavy (non-hydrogen) atoms. The molecule has 1 rings (SSSR count). The molecular formula is C10H13Cl2NO4S. The predicted molar refractivity (Wildman–Crippen MR) is 72.0 cm³/mol. The highest BCUT2D eigenvalue weighted by Crippen LogP contribution is 2.34. The van der Waals surface area contributed by atoms with Crippen LogP contribution in [0.2, 0.25) is 10.0 Å². The second kappa shape index (κ2) is 6.47. The Bertz CT molecular complexity index is 496. The van der Waals surface area contributed by atoms with Gasteiger partial charge in [0.15, 0.2) is 5.75 Å². The minimum atomic E-state index is -3.48. The third kappa shape index (κ3) is 4.53. The van der Waals surface area contributed by atoms with Crippen LogP contribution in [0.3, 0.4) is 0 Å².